The molecule has 3 N–H and O–H groups in total. The van der Waals surface area contributed by atoms with Crippen molar-refractivity contribution in [1.82, 2.24) is 0 Å². The number of nitrogens with one attached hydrogen (secondary N) is 1. The fourth-order valence-electron chi connectivity index (χ4n) is 1.88. The molecule has 0 aromatic heterocycles. The number of benzene rings is 2. The number of carbonyl (C=O) groups is 1. The molecule has 5 nitrogen and oxygen atoms in total. The van der Waals surface area contributed by atoms with Crippen LogP contribution in [-0.2, 0) is 0 Å². The third kappa shape index (κ3) is 3.52. The van der Waals surface area contributed by atoms with E-state index in [1.807, 2.05) is 0 Å². The maximum atomic E-state index is 12.1. The van der Waals surface area contributed by atoms with E-state index in [1.165, 1.54) is 19.2 Å². The Bertz CT molecular complexity index is 635. The van der Waals surface area contributed by atoms with E-state index in [4.69, 9.17) is 4.74 Å². The van der Waals surface area contributed by atoms with Gasteiger partial charge in [-0.05, 0) is 42.8 Å². The number of aliphatic hydroxyl groups excluding tert-OH is 1. The van der Waals surface area contributed by atoms with Crippen molar-refractivity contribution in [2.75, 3.05) is 12.4 Å². The SMILES string of the molecule is COc1ccc(C(=O)Nc2ccc(C(C)O)cc2)cc1O. The summed E-state index contributed by atoms with van der Waals surface area (Å²) in [7, 11) is 1.44. The molecule has 0 saturated heterocycles. The number of aromatic hydroxyl groups is 1. The summed E-state index contributed by atoms with van der Waals surface area (Å²) in [5, 5.41) is 21.8. The fourth-order valence-corrected chi connectivity index (χ4v) is 1.88. The maximum Gasteiger partial charge on any atom is 0.255 e. The highest BCUT2D eigenvalue weighted by molar-refractivity contribution is 6.04. The molecule has 110 valence electrons. The topological polar surface area (TPSA) is 78.8 Å². The Balaban J connectivity index is 2.12. The van der Waals surface area contributed by atoms with Gasteiger partial charge < -0.3 is 20.3 Å². The highest BCUT2D eigenvalue weighted by Gasteiger charge is 2.10. The van der Waals surface area contributed by atoms with E-state index in [0.717, 1.165) is 5.56 Å². The molecular weight excluding hydrogens is 270 g/mol. The van der Waals surface area contributed by atoms with Crippen LogP contribution in [0.4, 0.5) is 5.69 Å². The number of aliphatic hydroxyl groups is 1. The molecule has 0 radical (unpaired) electrons. The molecule has 0 aliphatic carbocycles. The van der Waals surface area contributed by atoms with Crippen LogP contribution < -0.4 is 10.1 Å². The van der Waals surface area contributed by atoms with Crippen LogP contribution in [0.3, 0.4) is 0 Å². The second-order valence-electron chi connectivity index (χ2n) is 4.64. The van der Waals surface area contributed by atoms with Gasteiger partial charge in [0.1, 0.15) is 0 Å². The largest absolute Gasteiger partial charge is 0.504 e. The molecule has 1 atom stereocenters. The first-order valence-electron chi connectivity index (χ1n) is 6.47. The Hall–Kier alpha value is -2.53. The first-order valence-corrected chi connectivity index (χ1v) is 6.47. The molecule has 2 aromatic rings. The number of rotatable bonds is 4. The number of anilines is 1. The van der Waals surface area contributed by atoms with Crippen molar-refractivity contribution in [2.45, 2.75) is 13.0 Å². The number of hydrogen-bond acceptors (Lipinski definition) is 4. The van der Waals surface area contributed by atoms with E-state index in [9.17, 15) is 15.0 Å². The Morgan fingerprint density at radius 2 is 1.86 bits per heavy atom. The second kappa shape index (κ2) is 6.28. The van der Waals surface area contributed by atoms with Crippen molar-refractivity contribution in [3.63, 3.8) is 0 Å². The van der Waals surface area contributed by atoms with Crippen molar-refractivity contribution in [3.8, 4) is 11.5 Å². The van der Waals surface area contributed by atoms with Crippen LogP contribution in [0.1, 0.15) is 28.9 Å². The van der Waals surface area contributed by atoms with E-state index in [0.29, 0.717) is 17.0 Å². The van der Waals surface area contributed by atoms with Crippen molar-refractivity contribution in [3.05, 3.63) is 53.6 Å². The number of methoxy groups -OCH3 is 1. The lowest BCUT2D eigenvalue weighted by Crippen LogP contribution is -2.11. The minimum atomic E-state index is -0.548. The number of ether oxygens (including phenoxy) is 1. The van der Waals surface area contributed by atoms with Gasteiger partial charge in [0.25, 0.3) is 5.91 Å². The molecule has 0 heterocycles. The number of amides is 1. The van der Waals surface area contributed by atoms with Crippen molar-refractivity contribution < 1.29 is 19.7 Å². The van der Waals surface area contributed by atoms with Crippen LogP contribution in [0.2, 0.25) is 0 Å². The number of phenols is 1. The van der Waals surface area contributed by atoms with E-state index in [2.05, 4.69) is 5.32 Å². The molecule has 5 heteroatoms. The normalized spacial score (nSPS) is 11.8. The number of hydrogen-bond donors (Lipinski definition) is 3. The Morgan fingerprint density at radius 3 is 2.38 bits per heavy atom. The van der Waals surface area contributed by atoms with E-state index in [-0.39, 0.29) is 11.7 Å². The minimum Gasteiger partial charge on any atom is -0.504 e. The second-order valence-corrected chi connectivity index (χ2v) is 4.64. The monoisotopic (exact) mass is 287 g/mol. The molecule has 0 fully saturated rings. The van der Waals surface area contributed by atoms with Gasteiger partial charge in [0.2, 0.25) is 0 Å². The standard InChI is InChI=1S/C16H17NO4/c1-10(18)11-3-6-13(7-4-11)17-16(20)12-5-8-15(21-2)14(19)9-12/h3-10,18-19H,1-2H3,(H,17,20). The molecule has 21 heavy (non-hydrogen) atoms. The van der Waals surface area contributed by atoms with E-state index >= 15 is 0 Å². The predicted octanol–water partition coefficient (Wildman–Crippen LogP) is 2.71. The summed E-state index contributed by atoms with van der Waals surface area (Å²) in [6, 6.07) is 11.3. The Kier molecular flexibility index (Phi) is 4.45. The van der Waals surface area contributed by atoms with Crippen LogP contribution >= 0.6 is 0 Å². The van der Waals surface area contributed by atoms with Gasteiger partial charge in [0.15, 0.2) is 11.5 Å². The van der Waals surface area contributed by atoms with Crippen LogP contribution in [0, 0.1) is 0 Å². The smallest absolute Gasteiger partial charge is 0.255 e. The van der Waals surface area contributed by atoms with Gasteiger partial charge in [0, 0.05) is 11.3 Å². The molecule has 2 rings (SSSR count). The first kappa shape index (κ1) is 14.9. The maximum absolute atomic E-state index is 12.1. The molecule has 0 bridgehead atoms. The third-order valence-electron chi connectivity index (χ3n) is 3.09. The average molecular weight is 287 g/mol. The van der Waals surface area contributed by atoms with Crippen LogP contribution in [0.25, 0.3) is 0 Å². The zero-order valence-corrected chi connectivity index (χ0v) is 11.8. The van der Waals surface area contributed by atoms with Crippen LogP contribution in [-0.4, -0.2) is 23.2 Å². The molecule has 0 saturated carbocycles. The van der Waals surface area contributed by atoms with Gasteiger partial charge in [-0.3, -0.25) is 4.79 Å². The average Bonchev–Trinajstić information content (AvgIpc) is 2.47. The summed E-state index contributed by atoms with van der Waals surface area (Å²) in [6.07, 6.45) is -0.548. The van der Waals surface area contributed by atoms with Gasteiger partial charge in [-0.15, -0.1) is 0 Å². The number of phenolic OH excluding ortho intramolecular Hbond substituents is 1. The van der Waals surface area contributed by atoms with Gasteiger partial charge in [-0.1, -0.05) is 12.1 Å². The third-order valence-corrected chi connectivity index (χ3v) is 3.09. The number of carbonyl (C=O) groups excluding carboxylic acids is 1. The Morgan fingerprint density at radius 1 is 1.19 bits per heavy atom. The summed E-state index contributed by atoms with van der Waals surface area (Å²) in [6.45, 7) is 1.67. The van der Waals surface area contributed by atoms with E-state index < -0.39 is 6.10 Å². The highest BCUT2D eigenvalue weighted by Crippen LogP contribution is 2.26. The van der Waals surface area contributed by atoms with Crippen molar-refractivity contribution in [2.24, 2.45) is 0 Å². The van der Waals surface area contributed by atoms with Crippen molar-refractivity contribution in [1.29, 1.82) is 0 Å². The van der Waals surface area contributed by atoms with Gasteiger partial charge >= 0.3 is 0 Å². The Labute approximate surface area is 122 Å². The lowest BCUT2D eigenvalue weighted by atomic mass is 10.1. The summed E-state index contributed by atoms with van der Waals surface area (Å²) < 4.78 is 4.93. The van der Waals surface area contributed by atoms with Gasteiger partial charge in [0.05, 0.1) is 13.2 Å². The molecule has 0 aliphatic heterocycles. The lowest BCUT2D eigenvalue weighted by Gasteiger charge is -2.09. The molecule has 1 unspecified atom stereocenters. The van der Waals surface area contributed by atoms with Crippen molar-refractivity contribution >= 4 is 11.6 Å². The predicted molar refractivity (Wildman–Crippen MR) is 79.7 cm³/mol. The van der Waals surface area contributed by atoms with Gasteiger partial charge in [-0.25, -0.2) is 0 Å². The summed E-state index contributed by atoms with van der Waals surface area (Å²) in [5.41, 5.74) is 1.71. The summed E-state index contributed by atoms with van der Waals surface area (Å²) >= 11 is 0. The zero-order valence-electron chi connectivity index (χ0n) is 11.8. The quantitative estimate of drug-likeness (QED) is 0.808. The lowest BCUT2D eigenvalue weighted by molar-refractivity contribution is 0.102. The fraction of sp³-hybridized carbons (Fsp3) is 0.188. The van der Waals surface area contributed by atoms with Gasteiger partial charge in [-0.2, -0.15) is 0 Å². The molecule has 0 aliphatic rings. The summed E-state index contributed by atoms with van der Waals surface area (Å²) in [4.78, 5) is 12.1. The minimum absolute atomic E-state index is 0.0883. The van der Waals surface area contributed by atoms with Crippen LogP contribution in [0.5, 0.6) is 11.5 Å². The molecule has 0 spiro atoms. The van der Waals surface area contributed by atoms with Crippen LogP contribution in [0.15, 0.2) is 42.5 Å². The molecular formula is C16H17NO4. The van der Waals surface area contributed by atoms with E-state index in [1.54, 1.807) is 37.3 Å². The first-order chi connectivity index (χ1) is 10.0. The molecule has 2 aromatic carbocycles. The summed E-state index contributed by atoms with van der Waals surface area (Å²) in [5.74, 6) is -0.111. The zero-order chi connectivity index (χ0) is 15.4. The molecule has 1 amide bonds. The highest BCUT2D eigenvalue weighted by atomic mass is 16.5.